The second-order valence-electron chi connectivity index (χ2n) is 3.59. The van der Waals surface area contributed by atoms with Gasteiger partial charge in [-0.05, 0) is 6.42 Å². The van der Waals surface area contributed by atoms with Crippen LogP contribution in [0.4, 0.5) is 0 Å². The Morgan fingerprint density at radius 1 is 1.72 bits per heavy atom. The Balaban J connectivity index is 2.42. The van der Waals surface area contributed by atoms with E-state index < -0.39 is 12.0 Å². The first kappa shape index (κ1) is 14.5. The molecule has 0 aliphatic rings. The van der Waals surface area contributed by atoms with E-state index in [9.17, 15) is 9.59 Å². The minimum Gasteiger partial charge on any atom is -0.480 e. The van der Waals surface area contributed by atoms with Gasteiger partial charge in [0.05, 0.1) is 5.75 Å². The van der Waals surface area contributed by atoms with E-state index in [0.717, 1.165) is 18.8 Å². The van der Waals surface area contributed by atoms with Crippen LogP contribution >= 0.6 is 11.8 Å². The molecule has 1 unspecified atom stereocenters. The SMILES string of the molecule is CCCn1ncnc1CSCC(NC=O)C(=O)O. The molecule has 0 aliphatic carbocycles. The number of carbonyl (C=O) groups excluding carboxylic acids is 1. The normalized spacial score (nSPS) is 12.1. The van der Waals surface area contributed by atoms with Crippen molar-refractivity contribution in [1.29, 1.82) is 0 Å². The van der Waals surface area contributed by atoms with Gasteiger partial charge in [0, 0.05) is 12.3 Å². The van der Waals surface area contributed by atoms with Gasteiger partial charge in [0.15, 0.2) is 0 Å². The van der Waals surface area contributed by atoms with Gasteiger partial charge in [-0.3, -0.25) is 4.79 Å². The molecule has 0 fully saturated rings. The molecular weight excluding hydrogens is 256 g/mol. The Morgan fingerprint density at radius 2 is 2.50 bits per heavy atom. The number of carbonyl (C=O) groups is 2. The maximum absolute atomic E-state index is 10.8. The molecule has 0 aromatic carbocycles. The highest BCUT2D eigenvalue weighted by atomic mass is 32.2. The second kappa shape index (κ2) is 7.70. The molecule has 1 aromatic rings. The summed E-state index contributed by atoms with van der Waals surface area (Å²) in [5.41, 5.74) is 0. The molecule has 0 bridgehead atoms. The molecule has 1 aromatic heterocycles. The van der Waals surface area contributed by atoms with Crippen molar-refractivity contribution in [3.8, 4) is 0 Å². The number of aliphatic carboxylic acids is 1. The van der Waals surface area contributed by atoms with Crippen LogP contribution in [0.25, 0.3) is 0 Å². The van der Waals surface area contributed by atoms with Crippen LogP contribution in [0.1, 0.15) is 19.2 Å². The zero-order chi connectivity index (χ0) is 13.4. The molecule has 0 spiro atoms. The maximum atomic E-state index is 10.8. The number of rotatable bonds is 9. The molecule has 100 valence electrons. The summed E-state index contributed by atoms with van der Waals surface area (Å²) in [5, 5.41) is 15.2. The number of amides is 1. The Labute approximate surface area is 109 Å². The average molecular weight is 272 g/mol. The zero-order valence-electron chi connectivity index (χ0n) is 10.1. The van der Waals surface area contributed by atoms with Gasteiger partial charge in [0.2, 0.25) is 6.41 Å². The molecule has 1 rings (SSSR count). The number of carboxylic acids is 1. The molecule has 2 N–H and O–H groups in total. The smallest absolute Gasteiger partial charge is 0.327 e. The number of nitrogens with one attached hydrogen (secondary N) is 1. The van der Waals surface area contributed by atoms with Crippen LogP contribution in [0.2, 0.25) is 0 Å². The number of hydrogen-bond donors (Lipinski definition) is 2. The summed E-state index contributed by atoms with van der Waals surface area (Å²) in [5.74, 6) is 0.652. The van der Waals surface area contributed by atoms with E-state index in [2.05, 4.69) is 15.4 Å². The summed E-state index contributed by atoms with van der Waals surface area (Å²) in [6, 6.07) is -0.866. The van der Waals surface area contributed by atoms with Crippen molar-refractivity contribution in [2.24, 2.45) is 0 Å². The van der Waals surface area contributed by atoms with Crippen LogP contribution in [-0.2, 0) is 21.9 Å². The summed E-state index contributed by atoms with van der Waals surface area (Å²) < 4.78 is 1.80. The standard InChI is InChI=1S/C10H16N4O3S/c1-2-3-14-9(11-6-13-14)5-18-4-8(10(16)17)12-7-15/h6-8H,2-5H2,1H3,(H,12,15)(H,16,17). The third kappa shape index (κ3) is 4.36. The quantitative estimate of drug-likeness (QED) is 0.620. The summed E-state index contributed by atoms with van der Waals surface area (Å²) >= 11 is 1.40. The Hall–Kier alpha value is -1.57. The van der Waals surface area contributed by atoms with Crippen LogP contribution in [0, 0.1) is 0 Å². The van der Waals surface area contributed by atoms with Crippen LogP contribution in [0.15, 0.2) is 6.33 Å². The Kier molecular flexibility index (Phi) is 6.20. The molecule has 18 heavy (non-hydrogen) atoms. The minimum atomic E-state index is -1.04. The average Bonchev–Trinajstić information content (AvgIpc) is 2.76. The van der Waals surface area contributed by atoms with E-state index in [1.165, 1.54) is 18.1 Å². The topological polar surface area (TPSA) is 97.1 Å². The summed E-state index contributed by atoms with van der Waals surface area (Å²) in [6.07, 6.45) is 2.86. The van der Waals surface area contributed by atoms with E-state index in [0.29, 0.717) is 17.9 Å². The van der Waals surface area contributed by atoms with Crippen LogP contribution in [0.5, 0.6) is 0 Å². The third-order valence-corrected chi connectivity index (χ3v) is 3.25. The first-order valence-corrected chi connectivity index (χ1v) is 6.71. The number of nitrogens with zero attached hydrogens (tertiary/aromatic N) is 3. The molecule has 0 saturated heterocycles. The number of aryl methyl sites for hydroxylation is 1. The Morgan fingerprint density at radius 3 is 3.11 bits per heavy atom. The number of thioether (sulfide) groups is 1. The lowest BCUT2D eigenvalue weighted by atomic mass is 10.3. The lowest BCUT2D eigenvalue weighted by Gasteiger charge is -2.10. The lowest BCUT2D eigenvalue weighted by Crippen LogP contribution is -2.37. The van der Waals surface area contributed by atoms with Crippen molar-refractivity contribution in [2.45, 2.75) is 31.7 Å². The molecule has 0 saturated carbocycles. The van der Waals surface area contributed by atoms with Crippen LogP contribution < -0.4 is 5.32 Å². The van der Waals surface area contributed by atoms with E-state index in [1.807, 2.05) is 6.92 Å². The fourth-order valence-electron chi connectivity index (χ4n) is 1.34. The van der Waals surface area contributed by atoms with Gasteiger partial charge in [-0.15, -0.1) is 0 Å². The van der Waals surface area contributed by atoms with Gasteiger partial charge in [0.1, 0.15) is 18.2 Å². The van der Waals surface area contributed by atoms with Crippen molar-refractivity contribution in [2.75, 3.05) is 5.75 Å². The second-order valence-corrected chi connectivity index (χ2v) is 4.62. The first-order chi connectivity index (χ1) is 8.69. The van der Waals surface area contributed by atoms with Gasteiger partial charge in [-0.25, -0.2) is 14.5 Å². The first-order valence-electron chi connectivity index (χ1n) is 5.56. The lowest BCUT2D eigenvalue weighted by molar-refractivity contribution is -0.139. The fraction of sp³-hybridized carbons (Fsp3) is 0.600. The van der Waals surface area contributed by atoms with Crippen molar-refractivity contribution in [1.82, 2.24) is 20.1 Å². The fourth-order valence-corrected chi connectivity index (χ4v) is 2.34. The van der Waals surface area contributed by atoms with E-state index in [4.69, 9.17) is 5.11 Å². The summed E-state index contributed by atoms with van der Waals surface area (Å²) in [6.45, 7) is 2.85. The van der Waals surface area contributed by atoms with E-state index >= 15 is 0 Å². The van der Waals surface area contributed by atoms with Crippen molar-refractivity contribution >= 4 is 24.1 Å². The number of hydrogen-bond acceptors (Lipinski definition) is 5. The van der Waals surface area contributed by atoms with Gasteiger partial charge in [-0.2, -0.15) is 16.9 Å². The van der Waals surface area contributed by atoms with E-state index in [-0.39, 0.29) is 0 Å². The molecule has 1 amide bonds. The predicted molar refractivity (Wildman–Crippen MR) is 67.1 cm³/mol. The highest BCUT2D eigenvalue weighted by Gasteiger charge is 2.16. The minimum absolute atomic E-state index is 0.299. The van der Waals surface area contributed by atoms with Gasteiger partial charge in [0.25, 0.3) is 0 Å². The predicted octanol–water partition coefficient (Wildman–Crippen LogP) is 0.120. The van der Waals surface area contributed by atoms with E-state index in [1.54, 1.807) is 4.68 Å². The van der Waals surface area contributed by atoms with Gasteiger partial charge in [-0.1, -0.05) is 6.92 Å². The molecule has 0 aliphatic heterocycles. The zero-order valence-corrected chi connectivity index (χ0v) is 10.9. The largest absolute Gasteiger partial charge is 0.480 e. The van der Waals surface area contributed by atoms with Crippen LogP contribution in [-0.4, -0.2) is 44.0 Å². The van der Waals surface area contributed by atoms with Crippen LogP contribution in [0.3, 0.4) is 0 Å². The molecule has 1 atom stereocenters. The van der Waals surface area contributed by atoms with Crippen molar-refractivity contribution in [3.63, 3.8) is 0 Å². The molecular formula is C10H16N4O3S. The monoisotopic (exact) mass is 272 g/mol. The Bertz CT molecular complexity index is 396. The highest BCUT2D eigenvalue weighted by Crippen LogP contribution is 2.11. The molecule has 7 nitrogen and oxygen atoms in total. The van der Waals surface area contributed by atoms with Crippen molar-refractivity contribution in [3.05, 3.63) is 12.2 Å². The van der Waals surface area contributed by atoms with Gasteiger partial charge >= 0.3 is 5.97 Å². The molecule has 1 heterocycles. The summed E-state index contributed by atoms with van der Waals surface area (Å²) in [7, 11) is 0. The van der Waals surface area contributed by atoms with Gasteiger partial charge < -0.3 is 10.4 Å². The number of aromatic nitrogens is 3. The maximum Gasteiger partial charge on any atom is 0.327 e. The molecule has 0 radical (unpaired) electrons. The third-order valence-electron chi connectivity index (χ3n) is 2.21. The molecule has 8 heteroatoms. The summed E-state index contributed by atoms with van der Waals surface area (Å²) in [4.78, 5) is 25.1. The van der Waals surface area contributed by atoms with Crippen molar-refractivity contribution < 1.29 is 14.7 Å². The number of carboxylic acid groups (broad SMARTS) is 1. The highest BCUT2D eigenvalue weighted by molar-refractivity contribution is 7.98.